The summed E-state index contributed by atoms with van der Waals surface area (Å²) in [5.74, 6) is 5.30. The fraction of sp³-hybridized carbons (Fsp3) is 0.143. The Hall–Kier alpha value is -0.610. The summed E-state index contributed by atoms with van der Waals surface area (Å²) in [6, 6.07) is 0. The second-order valence-electron chi connectivity index (χ2n) is 2.22. The molecule has 0 saturated carbocycles. The lowest BCUT2D eigenvalue weighted by Gasteiger charge is -2.00. The van der Waals surface area contributed by atoms with Crippen molar-refractivity contribution in [1.82, 2.24) is 4.89 Å². The van der Waals surface area contributed by atoms with Crippen LogP contribution in [-0.2, 0) is 10.0 Å². The van der Waals surface area contributed by atoms with E-state index in [2.05, 4.69) is 27.8 Å². The predicted octanol–water partition coefficient (Wildman–Crippen LogP) is 0.865. The van der Waals surface area contributed by atoms with E-state index in [1.165, 1.54) is 17.0 Å². The van der Waals surface area contributed by atoms with Gasteiger partial charge in [0.25, 0.3) is 10.0 Å². The Kier molecular flexibility index (Phi) is 3.27. The molecule has 0 unspecified atom stereocenters. The standard InChI is InChI=1S/C7H6BrNO3S/c8-6-2-1-3-7(5-4-6)13(11,12)9-10/h4-5,9-10H,3H2. The molecule has 1 aliphatic carbocycles. The van der Waals surface area contributed by atoms with Gasteiger partial charge in [0.2, 0.25) is 0 Å². The van der Waals surface area contributed by atoms with E-state index in [0.717, 1.165) is 0 Å². The van der Waals surface area contributed by atoms with Crippen molar-refractivity contribution in [3.63, 3.8) is 0 Å². The van der Waals surface area contributed by atoms with Crippen LogP contribution in [0.3, 0.4) is 0 Å². The highest BCUT2D eigenvalue weighted by atomic mass is 79.9. The van der Waals surface area contributed by atoms with Crippen molar-refractivity contribution >= 4 is 26.0 Å². The maximum absolute atomic E-state index is 11.1. The van der Waals surface area contributed by atoms with Gasteiger partial charge in [-0.15, -0.1) is 0 Å². The van der Waals surface area contributed by atoms with E-state index in [9.17, 15) is 8.42 Å². The van der Waals surface area contributed by atoms with Crippen LogP contribution in [0.5, 0.6) is 0 Å². The highest BCUT2D eigenvalue weighted by Gasteiger charge is 2.15. The van der Waals surface area contributed by atoms with Gasteiger partial charge in [-0.3, -0.25) is 0 Å². The van der Waals surface area contributed by atoms with E-state index in [4.69, 9.17) is 5.21 Å². The Bertz CT molecular complexity index is 424. The largest absolute Gasteiger partial charge is 0.302 e. The molecule has 0 fully saturated rings. The minimum absolute atomic E-state index is 0.0388. The molecule has 0 saturated heterocycles. The molecule has 0 amide bonds. The number of sulfonamides is 1. The van der Waals surface area contributed by atoms with Gasteiger partial charge >= 0.3 is 0 Å². The molecule has 0 radical (unpaired) electrons. The molecule has 0 bridgehead atoms. The third-order valence-electron chi connectivity index (χ3n) is 1.35. The summed E-state index contributed by atoms with van der Waals surface area (Å²) in [6.45, 7) is 0. The minimum Gasteiger partial charge on any atom is -0.302 e. The molecule has 70 valence electrons. The van der Waals surface area contributed by atoms with Gasteiger partial charge < -0.3 is 5.21 Å². The van der Waals surface area contributed by atoms with Crippen LogP contribution < -0.4 is 4.89 Å². The molecule has 0 aromatic heterocycles. The first-order valence-electron chi connectivity index (χ1n) is 3.27. The Morgan fingerprint density at radius 2 is 2.23 bits per heavy atom. The van der Waals surface area contributed by atoms with Crippen molar-refractivity contribution in [2.45, 2.75) is 6.42 Å². The highest BCUT2D eigenvalue weighted by Crippen LogP contribution is 2.14. The van der Waals surface area contributed by atoms with Crippen LogP contribution in [0.2, 0.25) is 0 Å². The van der Waals surface area contributed by atoms with Crippen LogP contribution in [0, 0.1) is 11.8 Å². The molecule has 1 aliphatic rings. The number of hydrogen-bond donors (Lipinski definition) is 2. The molecule has 4 nitrogen and oxygen atoms in total. The van der Waals surface area contributed by atoms with Crippen molar-refractivity contribution in [1.29, 1.82) is 0 Å². The van der Waals surface area contributed by atoms with Crippen molar-refractivity contribution in [2.24, 2.45) is 0 Å². The van der Waals surface area contributed by atoms with Crippen LogP contribution in [0.25, 0.3) is 0 Å². The van der Waals surface area contributed by atoms with Crippen LogP contribution in [0.4, 0.5) is 0 Å². The Balaban J connectivity index is 3.06. The summed E-state index contributed by atoms with van der Waals surface area (Å²) >= 11 is 3.12. The van der Waals surface area contributed by atoms with E-state index in [1.807, 2.05) is 0 Å². The molecule has 0 aromatic carbocycles. The van der Waals surface area contributed by atoms with Gasteiger partial charge in [0, 0.05) is 6.42 Å². The lowest BCUT2D eigenvalue weighted by molar-refractivity contribution is 0.244. The zero-order valence-corrected chi connectivity index (χ0v) is 8.81. The number of hydrogen-bond acceptors (Lipinski definition) is 3. The maximum Gasteiger partial charge on any atom is 0.259 e. The molecular weight excluding hydrogens is 258 g/mol. The minimum atomic E-state index is -3.77. The summed E-state index contributed by atoms with van der Waals surface area (Å²) in [5.41, 5.74) is 0. The van der Waals surface area contributed by atoms with Gasteiger partial charge in [0.15, 0.2) is 0 Å². The zero-order valence-electron chi connectivity index (χ0n) is 6.41. The number of halogens is 1. The average molecular weight is 264 g/mol. The van der Waals surface area contributed by atoms with Crippen LogP contribution in [-0.4, -0.2) is 13.6 Å². The molecule has 0 heterocycles. The fourth-order valence-electron chi connectivity index (χ4n) is 0.726. The lowest BCUT2D eigenvalue weighted by atomic mass is 10.4. The molecular formula is C7H6BrNO3S. The van der Waals surface area contributed by atoms with E-state index in [0.29, 0.717) is 4.48 Å². The summed E-state index contributed by atoms with van der Waals surface area (Å²) in [6.07, 6.45) is 2.97. The number of nitrogens with one attached hydrogen (secondary N) is 1. The van der Waals surface area contributed by atoms with Crippen LogP contribution in [0.15, 0.2) is 21.5 Å². The molecule has 1 rings (SSSR count). The van der Waals surface area contributed by atoms with Crippen molar-refractivity contribution in [3.8, 4) is 11.8 Å². The number of rotatable bonds is 2. The van der Waals surface area contributed by atoms with Crippen LogP contribution >= 0.6 is 15.9 Å². The fourth-order valence-corrected chi connectivity index (χ4v) is 1.62. The van der Waals surface area contributed by atoms with Gasteiger partial charge in [-0.05, 0) is 28.1 Å². The van der Waals surface area contributed by atoms with Gasteiger partial charge in [0.05, 0.1) is 9.39 Å². The van der Waals surface area contributed by atoms with Gasteiger partial charge in [-0.25, -0.2) is 8.42 Å². The first kappa shape index (κ1) is 10.5. The average Bonchev–Trinajstić information content (AvgIpc) is 2.30. The van der Waals surface area contributed by atoms with E-state index in [-0.39, 0.29) is 11.3 Å². The van der Waals surface area contributed by atoms with E-state index < -0.39 is 10.0 Å². The maximum atomic E-state index is 11.1. The van der Waals surface area contributed by atoms with Gasteiger partial charge in [0.1, 0.15) is 0 Å². The predicted molar refractivity (Wildman–Crippen MR) is 51.3 cm³/mol. The van der Waals surface area contributed by atoms with Crippen molar-refractivity contribution in [2.75, 3.05) is 0 Å². The van der Waals surface area contributed by atoms with Crippen LogP contribution in [0.1, 0.15) is 6.42 Å². The zero-order chi connectivity index (χ0) is 9.90. The molecule has 13 heavy (non-hydrogen) atoms. The van der Waals surface area contributed by atoms with E-state index >= 15 is 0 Å². The second-order valence-corrected chi connectivity index (χ2v) is 4.79. The molecule has 0 atom stereocenters. The summed E-state index contributed by atoms with van der Waals surface area (Å²) < 4.78 is 22.8. The summed E-state index contributed by atoms with van der Waals surface area (Å²) in [5, 5.41) is 8.34. The Morgan fingerprint density at radius 1 is 1.54 bits per heavy atom. The first-order valence-corrected chi connectivity index (χ1v) is 5.55. The summed E-state index contributed by atoms with van der Waals surface area (Å²) in [7, 11) is -3.77. The smallest absolute Gasteiger partial charge is 0.259 e. The molecule has 0 spiro atoms. The molecule has 6 heteroatoms. The van der Waals surface area contributed by atoms with Crippen molar-refractivity contribution < 1.29 is 13.6 Å². The second kappa shape index (κ2) is 4.07. The third-order valence-corrected chi connectivity index (χ3v) is 3.03. The highest BCUT2D eigenvalue weighted by molar-refractivity contribution is 9.12. The van der Waals surface area contributed by atoms with E-state index in [1.54, 1.807) is 0 Å². The normalized spacial score (nSPS) is 16.5. The van der Waals surface area contributed by atoms with Gasteiger partial charge in [-0.1, -0.05) is 16.7 Å². The Labute approximate surface area is 84.5 Å². The molecule has 2 N–H and O–H groups in total. The van der Waals surface area contributed by atoms with Crippen molar-refractivity contribution in [3.05, 3.63) is 21.5 Å². The summed E-state index contributed by atoms with van der Waals surface area (Å²) in [4.78, 5) is 1.28. The molecule has 0 aliphatic heterocycles. The SMILES string of the molecule is O=S(=O)(NO)C1=CC=C(Br)C#CC1. The topological polar surface area (TPSA) is 66.4 Å². The van der Waals surface area contributed by atoms with Gasteiger partial charge in [-0.2, -0.15) is 0 Å². The monoisotopic (exact) mass is 263 g/mol. The number of allylic oxidation sites excluding steroid dienone is 4. The lowest BCUT2D eigenvalue weighted by Crippen LogP contribution is -2.20. The third kappa shape index (κ3) is 2.67. The Morgan fingerprint density at radius 3 is 2.85 bits per heavy atom. The quantitative estimate of drug-likeness (QED) is 0.574. The first-order chi connectivity index (χ1) is 6.06. The molecule has 0 aromatic rings.